The molecule has 1 aromatic rings. The van der Waals surface area contributed by atoms with Crippen molar-refractivity contribution in [1.29, 1.82) is 0 Å². The molecular weight excluding hydrogens is 706 g/mol. The van der Waals surface area contributed by atoms with Crippen LogP contribution in [0.4, 0.5) is 0 Å². The molecule has 55 heavy (non-hydrogen) atoms. The van der Waals surface area contributed by atoms with Crippen molar-refractivity contribution in [2.45, 2.75) is 103 Å². The van der Waals surface area contributed by atoms with Gasteiger partial charge in [0.1, 0.15) is 6.04 Å². The predicted octanol–water partition coefficient (Wildman–Crippen LogP) is 1.36. The van der Waals surface area contributed by atoms with Crippen molar-refractivity contribution < 1.29 is 38.3 Å². The van der Waals surface area contributed by atoms with E-state index in [1.807, 2.05) is 58.0 Å². The van der Waals surface area contributed by atoms with Crippen molar-refractivity contribution in [2.24, 2.45) is 17.8 Å². The first kappa shape index (κ1) is 45.8. The lowest BCUT2D eigenvalue weighted by atomic mass is 9.90. The first-order valence-corrected chi connectivity index (χ1v) is 19.8. The van der Waals surface area contributed by atoms with E-state index in [0.717, 1.165) is 44.6 Å². The monoisotopic (exact) mass is 774 g/mol. The number of carbonyl (C=O) groups is 5. The number of hydrogen-bond donors (Lipinski definition) is 4. The molecule has 15 nitrogen and oxygen atoms in total. The van der Waals surface area contributed by atoms with Gasteiger partial charge < -0.3 is 35.2 Å². The molecule has 1 aromatic carbocycles. The van der Waals surface area contributed by atoms with Crippen LogP contribution < -0.4 is 21.4 Å². The van der Waals surface area contributed by atoms with E-state index in [4.69, 9.17) is 14.3 Å². The maximum Gasteiger partial charge on any atom is 0.266 e. The summed E-state index contributed by atoms with van der Waals surface area (Å²) in [6, 6.07) is 7.30. The van der Waals surface area contributed by atoms with Gasteiger partial charge in [0.05, 0.1) is 56.3 Å². The van der Waals surface area contributed by atoms with Crippen molar-refractivity contribution in [3.63, 3.8) is 0 Å². The first-order valence-electron chi connectivity index (χ1n) is 19.8. The van der Waals surface area contributed by atoms with Crippen LogP contribution in [0.5, 0.6) is 0 Å². The third-order valence-electron chi connectivity index (χ3n) is 11.3. The average molecular weight is 774 g/mol. The largest absolute Gasteiger partial charge is 0.379 e. The number of carbonyl (C=O) groups excluding carboxylic acids is 5. The number of benzene rings is 1. The van der Waals surface area contributed by atoms with E-state index in [0.29, 0.717) is 13.0 Å². The van der Waals surface area contributed by atoms with Crippen LogP contribution >= 0.6 is 0 Å². The standard InChI is InChI=1S/C40H67N7O8/c1-10-27(4)36(45(6)34(49)25-42-40(52)35(26(2)3)46-21-18-41-19-22-46)32(53-7)24-33(48)47-20-14-17-31(47)37(54-8)28(5)38(50)43-30(39(51)44-55-9)23-29-15-12-11-13-16-29/h11-13,15-16,26-28,30-32,35-37,41H,10,14,17-25H2,1-9H3,(H,42,52)(H,43,50)(H,44,51). The summed E-state index contributed by atoms with van der Waals surface area (Å²) >= 11 is 0. The number of nitrogens with zero attached hydrogens (tertiary/aromatic N) is 3. The highest BCUT2D eigenvalue weighted by Gasteiger charge is 2.42. The van der Waals surface area contributed by atoms with Gasteiger partial charge in [-0.15, -0.1) is 0 Å². The van der Waals surface area contributed by atoms with Crippen LogP contribution in [0.15, 0.2) is 30.3 Å². The molecule has 2 fully saturated rings. The number of likely N-dealkylation sites (tertiary alicyclic amines) is 1. The Labute approximate surface area is 327 Å². The Morgan fingerprint density at radius 3 is 2.18 bits per heavy atom. The summed E-state index contributed by atoms with van der Waals surface area (Å²) in [5.41, 5.74) is 3.20. The smallest absolute Gasteiger partial charge is 0.266 e. The minimum absolute atomic E-state index is 0.0117. The number of nitrogens with one attached hydrogen (secondary N) is 4. The van der Waals surface area contributed by atoms with E-state index in [2.05, 4.69) is 26.3 Å². The lowest BCUT2D eigenvalue weighted by Gasteiger charge is -2.39. The highest BCUT2D eigenvalue weighted by Crippen LogP contribution is 2.29. The van der Waals surface area contributed by atoms with Crippen molar-refractivity contribution in [3.05, 3.63) is 35.9 Å². The van der Waals surface area contributed by atoms with E-state index < -0.39 is 42.2 Å². The quantitative estimate of drug-likeness (QED) is 0.134. The third kappa shape index (κ3) is 12.7. The van der Waals surface area contributed by atoms with Gasteiger partial charge in [0, 0.05) is 60.4 Å². The minimum atomic E-state index is -0.895. The summed E-state index contributed by atoms with van der Waals surface area (Å²) in [7, 11) is 6.11. The molecule has 0 saturated carbocycles. The molecule has 310 valence electrons. The van der Waals surface area contributed by atoms with Gasteiger partial charge in [-0.2, -0.15) is 0 Å². The summed E-state index contributed by atoms with van der Waals surface area (Å²) in [5, 5.41) is 9.08. The van der Waals surface area contributed by atoms with Crippen molar-refractivity contribution in [1.82, 2.24) is 36.1 Å². The Balaban J connectivity index is 1.70. The molecule has 15 heteroatoms. The van der Waals surface area contributed by atoms with Crippen LogP contribution in [0.1, 0.15) is 65.9 Å². The molecule has 3 rings (SSSR count). The van der Waals surface area contributed by atoms with Gasteiger partial charge in [-0.25, -0.2) is 5.48 Å². The topological polar surface area (TPSA) is 171 Å². The molecule has 8 atom stereocenters. The zero-order valence-electron chi connectivity index (χ0n) is 34.5. The number of piperazine rings is 1. The van der Waals surface area contributed by atoms with Crippen LogP contribution in [0.2, 0.25) is 0 Å². The number of methoxy groups -OCH3 is 2. The summed E-state index contributed by atoms with van der Waals surface area (Å²) in [6.07, 6.45) is 1.09. The molecular formula is C40H67N7O8. The number of hydroxylamine groups is 1. The Bertz CT molecular complexity index is 1380. The lowest BCUT2D eigenvalue weighted by molar-refractivity contribution is -0.146. The predicted molar refractivity (Wildman–Crippen MR) is 209 cm³/mol. The van der Waals surface area contributed by atoms with Crippen LogP contribution in [0.3, 0.4) is 0 Å². The summed E-state index contributed by atoms with van der Waals surface area (Å²) in [6.45, 7) is 13.3. The fourth-order valence-corrected chi connectivity index (χ4v) is 8.10. The van der Waals surface area contributed by atoms with Gasteiger partial charge >= 0.3 is 0 Å². The SMILES string of the molecule is CCC(C)C(C(CC(=O)N1CCCC1C(OC)C(C)C(=O)NC(Cc1ccccc1)C(=O)NOC)OC)N(C)C(=O)CNC(=O)C(C(C)C)N1CCNCC1. The average Bonchev–Trinajstić information content (AvgIpc) is 3.67. The number of rotatable bonds is 21. The molecule has 4 N–H and O–H groups in total. The van der Waals surface area contributed by atoms with Crippen LogP contribution in [0.25, 0.3) is 0 Å². The highest BCUT2D eigenvalue weighted by atomic mass is 16.6. The van der Waals surface area contributed by atoms with Gasteiger partial charge in [0.25, 0.3) is 5.91 Å². The molecule has 0 aliphatic carbocycles. The Morgan fingerprint density at radius 2 is 1.60 bits per heavy atom. The molecule has 2 heterocycles. The van der Waals surface area contributed by atoms with Gasteiger partial charge in [0.2, 0.25) is 23.6 Å². The second kappa shape index (κ2) is 22.8. The zero-order valence-corrected chi connectivity index (χ0v) is 34.5. The summed E-state index contributed by atoms with van der Waals surface area (Å²) < 4.78 is 11.9. The number of amides is 5. The van der Waals surface area contributed by atoms with Crippen LogP contribution in [0, 0.1) is 17.8 Å². The Kier molecular flexibility index (Phi) is 19.0. The van der Waals surface area contributed by atoms with Gasteiger partial charge in [-0.3, -0.25) is 33.7 Å². The molecule has 8 unspecified atom stereocenters. The molecule has 2 saturated heterocycles. The normalized spacial score (nSPS) is 20.1. The molecule has 0 spiro atoms. The van der Waals surface area contributed by atoms with Crippen LogP contribution in [-0.4, -0.2) is 148 Å². The zero-order chi connectivity index (χ0) is 40.7. The highest BCUT2D eigenvalue weighted by molar-refractivity contribution is 5.89. The van der Waals surface area contributed by atoms with E-state index in [1.54, 1.807) is 30.9 Å². The second-order valence-corrected chi connectivity index (χ2v) is 15.3. The Morgan fingerprint density at radius 1 is 0.927 bits per heavy atom. The van der Waals surface area contributed by atoms with E-state index in [9.17, 15) is 24.0 Å². The van der Waals surface area contributed by atoms with Crippen molar-refractivity contribution in [3.8, 4) is 0 Å². The Hall–Kier alpha value is -3.63. The summed E-state index contributed by atoms with van der Waals surface area (Å²) in [4.78, 5) is 78.1. The molecule has 0 radical (unpaired) electrons. The lowest BCUT2D eigenvalue weighted by Crippen LogP contribution is -2.57. The molecule has 2 aliphatic rings. The fraction of sp³-hybridized carbons (Fsp3) is 0.725. The number of hydrogen-bond acceptors (Lipinski definition) is 10. The fourth-order valence-electron chi connectivity index (χ4n) is 8.10. The summed E-state index contributed by atoms with van der Waals surface area (Å²) in [5.74, 6) is -2.11. The number of ether oxygens (including phenoxy) is 2. The molecule has 2 aliphatic heterocycles. The van der Waals surface area contributed by atoms with Crippen molar-refractivity contribution in [2.75, 3.05) is 67.6 Å². The minimum Gasteiger partial charge on any atom is -0.379 e. The van der Waals surface area contributed by atoms with E-state index >= 15 is 0 Å². The van der Waals surface area contributed by atoms with Crippen molar-refractivity contribution >= 4 is 29.5 Å². The molecule has 0 bridgehead atoms. The second-order valence-electron chi connectivity index (χ2n) is 15.3. The van der Waals surface area contributed by atoms with Gasteiger partial charge in [-0.05, 0) is 30.2 Å². The maximum absolute atomic E-state index is 14.1. The molecule has 0 aromatic heterocycles. The maximum atomic E-state index is 14.1. The van der Waals surface area contributed by atoms with E-state index in [-0.39, 0.29) is 60.9 Å². The van der Waals surface area contributed by atoms with Crippen LogP contribution in [-0.2, 0) is 44.7 Å². The van der Waals surface area contributed by atoms with Gasteiger partial charge in [-0.1, -0.05) is 71.4 Å². The molecule has 5 amide bonds. The third-order valence-corrected chi connectivity index (χ3v) is 11.3. The van der Waals surface area contributed by atoms with E-state index in [1.165, 1.54) is 14.2 Å². The first-order chi connectivity index (χ1) is 26.3. The number of likely N-dealkylation sites (N-methyl/N-ethyl adjacent to an activating group) is 1. The van der Waals surface area contributed by atoms with Gasteiger partial charge in [0.15, 0.2) is 0 Å².